The topological polar surface area (TPSA) is 31.6 Å². The van der Waals surface area contributed by atoms with Gasteiger partial charge in [-0.05, 0) is 13.8 Å². The summed E-state index contributed by atoms with van der Waals surface area (Å²) in [6, 6.07) is 1.74. The van der Waals surface area contributed by atoms with Gasteiger partial charge in [0.2, 0.25) is 5.75 Å². The number of hydrogen-bond donors (Lipinski definition) is 0. The molecule has 0 saturated heterocycles. The van der Waals surface area contributed by atoms with Crippen LogP contribution in [0.3, 0.4) is 0 Å². The second-order valence-electron chi connectivity index (χ2n) is 1.94. The summed E-state index contributed by atoms with van der Waals surface area (Å²) in [5, 5.41) is 0. The van der Waals surface area contributed by atoms with Crippen molar-refractivity contribution in [3.8, 4) is 11.7 Å². The molecule has 0 aliphatic rings. The summed E-state index contributed by atoms with van der Waals surface area (Å²) in [4.78, 5) is 0. The van der Waals surface area contributed by atoms with E-state index in [-0.39, 0.29) is 0 Å². The van der Waals surface area contributed by atoms with Crippen LogP contribution in [0, 0.1) is 0 Å². The van der Waals surface area contributed by atoms with Crippen LogP contribution in [-0.4, -0.2) is 13.2 Å². The Morgan fingerprint density at radius 2 is 2.00 bits per heavy atom. The average Bonchev–Trinajstić information content (AvgIpc) is 2.39. The molecule has 0 aliphatic heterocycles. The van der Waals surface area contributed by atoms with Crippen LogP contribution in [0.5, 0.6) is 11.7 Å². The van der Waals surface area contributed by atoms with Gasteiger partial charge in [0.1, 0.15) is 0 Å². The van der Waals surface area contributed by atoms with Gasteiger partial charge in [-0.1, -0.05) is 0 Å². The van der Waals surface area contributed by atoms with Crippen molar-refractivity contribution < 1.29 is 13.9 Å². The third kappa shape index (κ3) is 1.90. The molecule has 0 spiro atoms. The van der Waals surface area contributed by atoms with Gasteiger partial charge in [0.15, 0.2) is 0 Å². The van der Waals surface area contributed by atoms with Crippen molar-refractivity contribution in [2.75, 3.05) is 13.2 Å². The van der Waals surface area contributed by atoms with Crippen LogP contribution in [0.1, 0.15) is 13.8 Å². The number of ether oxygens (including phenoxy) is 2. The van der Waals surface area contributed by atoms with Crippen molar-refractivity contribution in [2.45, 2.75) is 13.8 Å². The predicted molar refractivity (Wildman–Crippen MR) is 41.0 cm³/mol. The van der Waals surface area contributed by atoms with Crippen LogP contribution in [0.4, 0.5) is 0 Å². The van der Waals surface area contributed by atoms with E-state index in [9.17, 15) is 0 Å². The molecule has 62 valence electrons. The van der Waals surface area contributed by atoms with Gasteiger partial charge in [0.05, 0.1) is 19.5 Å². The minimum Gasteiger partial charge on any atom is -0.487 e. The van der Waals surface area contributed by atoms with E-state index in [4.69, 9.17) is 13.9 Å². The lowest BCUT2D eigenvalue weighted by Gasteiger charge is -2.02. The van der Waals surface area contributed by atoms with E-state index >= 15 is 0 Å². The SMILES string of the molecule is CCOc1ccoc1OCC. The van der Waals surface area contributed by atoms with E-state index in [1.807, 2.05) is 13.8 Å². The molecule has 0 aromatic carbocycles. The maximum absolute atomic E-state index is 5.21. The summed E-state index contributed by atoms with van der Waals surface area (Å²) in [5.41, 5.74) is 0. The van der Waals surface area contributed by atoms with E-state index in [1.165, 1.54) is 0 Å². The number of hydrogen-bond acceptors (Lipinski definition) is 3. The Balaban J connectivity index is 2.62. The standard InChI is InChI=1S/C8H12O3/c1-3-9-7-5-6-11-8(7)10-4-2/h5-6H,3-4H2,1-2H3. The Labute approximate surface area is 65.9 Å². The molecule has 0 aliphatic carbocycles. The molecule has 1 heterocycles. The summed E-state index contributed by atoms with van der Waals surface area (Å²) in [6.07, 6.45) is 1.55. The Morgan fingerprint density at radius 3 is 2.64 bits per heavy atom. The fourth-order valence-corrected chi connectivity index (χ4v) is 0.783. The number of rotatable bonds is 4. The molecule has 0 atom stereocenters. The quantitative estimate of drug-likeness (QED) is 0.668. The third-order valence-electron chi connectivity index (χ3n) is 1.17. The zero-order chi connectivity index (χ0) is 8.10. The molecule has 11 heavy (non-hydrogen) atoms. The zero-order valence-corrected chi connectivity index (χ0v) is 6.79. The molecule has 0 saturated carbocycles. The highest BCUT2D eigenvalue weighted by molar-refractivity contribution is 5.29. The molecule has 3 nitrogen and oxygen atoms in total. The molecule has 1 rings (SSSR count). The van der Waals surface area contributed by atoms with Gasteiger partial charge in [0.25, 0.3) is 0 Å². The largest absolute Gasteiger partial charge is 0.487 e. The van der Waals surface area contributed by atoms with Gasteiger partial charge in [0, 0.05) is 6.07 Å². The Hall–Kier alpha value is -1.12. The Bertz CT molecular complexity index is 184. The van der Waals surface area contributed by atoms with Crippen LogP contribution in [-0.2, 0) is 0 Å². The summed E-state index contributed by atoms with van der Waals surface area (Å²) in [6.45, 7) is 5.04. The lowest BCUT2D eigenvalue weighted by molar-refractivity contribution is 0.231. The second kappa shape index (κ2) is 3.91. The monoisotopic (exact) mass is 156 g/mol. The first-order valence-electron chi connectivity index (χ1n) is 3.71. The van der Waals surface area contributed by atoms with Crippen LogP contribution >= 0.6 is 0 Å². The van der Waals surface area contributed by atoms with Crippen LogP contribution < -0.4 is 9.47 Å². The normalized spacial score (nSPS) is 9.64. The predicted octanol–water partition coefficient (Wildman–Crippen LogP) is 2.08. The highest BCUT2D eigenvalue weighted by atomic mass is 16.6. The lowest BCUT2D eigenvalue weighted by Crippen LogP contribution is -1.95. The molecule has 1 aromatic heterocycles. The maximum Gasteiger partial charge on any atom is 0.328 e. The Morgan fingerprint density at radius 1 is 1.27 bits per heavy atom. The van der Waals surface area contributed by atoms with E-state index in [1.54, 1.807) is 12.3 Å². The van der Waals surface area contributed by atoms with Gasteiger partial charge < -0.3 is 13.9 Å². The van der Waals surface area contributed by atoms with Gasteiger partial charge in [-0.3, -0.25) is 0 Å². The van der Waals surface area contributed by atoms with E-state index < -0.39 is 0 Å². The average molecular weight is 156 g/mol. The summed E-state index contributed by atoms with van der Waals surface area (Å²) in [5.74, 6) is 1.14. The van der Waals surface area contributed by atoms with E-state index in [0.29, 0.717) is 24.9 Å². The maximum atomic E-state index is 5.21. The van der Waals surface area contributed by atoms with Crippen molar-refractivity contribution in [3.63, 3.8) is 0 Å². The van der Waals surface area contributed by atoms with Gasteiger partial charge >= 0.3 is 5.95 Å². The van der Waals surface area contributed by atoms with E-state index in [2.05, 4.69) is 0 Å². The highest BCUT2D eigenvalue weighted by Gasteiger charge is 2.06. The summed E-state index contributed by atoms with van der Waals surface area (Å²) >= 11 is 0. The Kier molecular flexibility index (Phi) is 2.83. The van der Waals surface area contributed by atoms with Crippen LogP contribution in [0.15, 0.2) is 16.7 Å². The van der Waals surface area contributed by atoms with Gasteiger partial charge in [-0.2, -0.15) is 0 Å². The molecule has 0 fully saturated rings. The highest BCUT2D eigenvalue weighted by Crippen LogP contribution is 2.27. The smallest absolute Gasteiger partial charge is 0.328 e. The summed E-state index contributed by atoms with van der Waals surface area (Å²) < 4.78 is 15.4. The third-order valence-corrected chi connectivity index (χ3v) is 1.17. The molecule has 0 unspecified atom stereocenters. The minimum atomic E-state index is 0.467. The molecule has 0 N–H and O–H groups in total. The van der Waals surface area contributed by atoms with Crippen molar-refractivity contribution in [1.29, 1.82) is 0 Å². The number of furan rings is 1. The molecular formula is C8H12O3. The first-order valence-corrected chi connectivity index (χ1v) is 3.71. The van der Waals surface area contributed by atoms with Gasteiger partial charge in [-0.25, -0.2) is 0 Å². The minimum absolute atomic E-state index is 0.467. The molecule has 0 amide bonds. The van der Waals surface area contributed by atoms with Crippen molar-refractivity contribution in [1.82, 2.24) is 0 Å². The van der Waals surface area contributed by atoms with Crippen molar-refractivity contribution >= 4 is 0 Å². The molecule has 0 radical (unpaired) electrons. The van der Waals surface area contributed by atoms with Crippen LogP contribution in [0.25, 0.3) is 0 Å². The van der Waals surface area contributed by atoms with Crippen LogP contribution in [0.2, 0.25) is 0 Å². The summed E-state index contributed by atoms with van der Waals surface area (Å²) in [7, 11) is 0. The zero-order valence-electron chi connectivity index (χ0n) is 6.79. The van der Waals surface area contributed by atoms with Crippen molar-refractivity contribution in [3.05, 3.63) is 12.3 Å². The molecule has 1 aromatic rings. The first kappa shape index (κ1) is 7.98. The fourth-order valence-electron chi connectivity index (χ4n) is 0.783. The fraction of sp³-hybridized carbons (Fsp3) is 0.500. The van der Waals surface area contributed by atoms with E-state index in [0.717, 1.165) is 0 Å². The first-order chi connectivity index (χ1) is 5.38. The van der Waals surface area contributed by atoms with Crippen molar-refractivity contribution in [2.24, 2.45) is 0 Å². The molecular weight excluding hydrogens is 144 g/mol. The molecule has 3 heteroatoms. The lowest BCUT2D eigenvalue weighted by atomic mass is 10.6. The van der Waals surface area contributed by atoms with Gasteiger partial charge in [-0.15, -0.1) is 0 Å². The molecule has 0 bridgehead atoms. The second-order valence-corrected chi connectivity index (χ2v) is 1.94.